The molecule has 1 heterocycles. The lowest BCUT2D eigenvalue weighted by Gasteiger charge is -2.24. The van der Waals surface area contributed by atoms with Crippen LogP contribution in [0.4, 0.5) is 0 Å². The Balaban J connectivity index is 1.94. The molecule has 2 rings (SSSR count). The molecule has 0 aromatic rings. The van der Waals surface area contributed by atoms with Crippen molar-refractivity contribution in [2.75, 3.05) is 19.8 Å². The zero-order chi connectivity index (χ0) is 10.5. The Morgan fingerprint density at radius 3 is 2.60 bits per heavy atom. The minimum absolute atomic E-state index is 0.644. The van der Waals surface area contributed by atoms with Gasteiger partial charge >= 0.3 is 0 Å². The average molecular weight is 209 g/mol. The predicted molar refractivity (Wildman–Crippen MR) is 62.6 cm³/mol. The maximum Gasteiger partial charge on any atom is 0.0529 e. The van der Waals surface area contributed by atoms with E-state index in [2.05, 4.69) is 6.08 Å². The quantitative estimate of drug-likeness (QED) is 0.725. The Bertz CT molecular complexity index is 213. The monoisotopic (exact) mass is 209 g/mol. The Morgan fingerprint density at radius 1 is 1.20 bits per heavy atom. The van der Waals surface area contributed by atoms with Crippen LogP contribution in [-0.4, -0.2) is 19.8 Å². The fourth-order valence-electron chi connectivity index (χ4n) is 2.83. The number of hydrogen-bond acceptors (Lipinski definition) is 2. The summed E-state index contributed by atoms with van der Waals surface area (Å²) in [7, 11) is 0. The molecular formula is C13H23NO. The second-order valence-corrected chi connectivity index (χ2v) is 4.90. The molecule has 1 unspecified atom stereocenters. The van der Waals surface area contributed by atoms with E-state index in [1.807, 2.05) is 0 Å². The van der Waals surface area contributed by atoms with Crippen LogP contribution in [0.5, 0.6) is 0 Å². The molecule has 1 saturated carbocycles. The molecule has 2 fully saturated rings. The van der Waals surface area contributed by atoms with Crippen molar-refractivity contribution in [1.82, 2.24) is 0 Å². The lowest BCUT2D eigenvalue weighted by atomic mass is 9.82. The Kier molecular flexibility index (Phi) is 4.21. The molecule has 0 spiro atoms. The van der Waals surface area contributed by atoms with Crippen LogP contribution in [0.25, 0.3) is 0 Å². The maximum absolute atomic E-state index is 5.87. The molecule has 1 aliphatic heterocycles. The summed E-state index contributed by atoms with van der Waals surface area (Å²) in [5.41, 5.74) is 7.38. The molecule has 0 aromatic carbocycles. The van der Waals surface area contributed by atoms with Gasteiger partial charge in [0.05, 0.1) is 6.61 Å². The summed E-state index contributed by atoms with van der Waals surface area (Å²) in [6, 6.07) is 0. The van der Waals surface area contributed by atoms with Crippen molar-refractivity contribution in [3.05, 3.63) is 11.6 Å². The minimum Gasteiger partial charge on any atom is -0.381 e. The fraction of sp³-hybridized carbons (Fsp3) is 0.846. The second-order valence-electron chi connectivity index (χ2n) is 4.90. The number of rotatable bonds is 3. The Labute approximate surface area is 92.9 Å². The highest BCUT2D eigenvalue weighted by Crippen LogP contribution is 2.30. The van der Waals surface area contributed by atoms with Gasteiger partial charge in [0.2, 0.25) is 0 Å². The number of hydrogen-bond donors (Lipinski definition) is 1. The Hall–Kier alpha value is -0.340. The van der Waals surface area contributed by atoms with Crippen LogP contribution in [-0.2, 0) is 4.74 Å². The zero-order valence-corrected chi connectivity index (χ0v) is 9.58. The molecule has 0 amide bonds. The Morgan fingerprint density at radius 2 is 2.00 bits per heavy atom. The van der Waals surface area contributed by atoms with Crippen LogP contribution in [0.15, 0.2) is 11.6 Å². The van der Waals surface area contributed by atoms with Crippen molar-refractivity contribution in [3.63, 3.8) is 0 Å². The molecule has 1 aliphatic carbocycles. The van der Waals surface area contributed by atoms with E-state index >= 15 is 0 Å². The first-order chi connectivity index (χ1) is 7.40. The first kappa shape index (κ1) is 11.2. The highest BCUT2D eigenvalue weighted by atomic mass is 16.5. The van der Waals surface area contributed by atoms with Gasteiger partial charge in [0.15, 0.2) is 0 Å². The molecule has 2 N–H and O–H groups in total. The first-order valence-corrected chi connectivity index (χ1v) is 6.38. The highest BCUT2D eigenvalue weighted by molar-refractivity contribution is 5.11. The summed E-state index contributed by atoms with van der Waals surface area (Å²) in [5, 5.41) is 0. The van der Waals surface area contributed by atoms with E-state index in [0.29, 0.717) is 5.92 Å². The summed E-state index contributed by atoms with van der Waals surface area (Å²) in [4.78, 5) is 0. The van der Waals surface area contributed by atoms with E-state index in [-0.39, 0.29) is 0 Å². The van der Waals surface area contributed by atoms with E-state index in [1.165, 1.54) is 44.1 Å². The topological polar surface area (TPSA) is 35.2 Å². The van der Waals surface area contributed by atoms with Crippen LogP contribution in [0.3, 0.4) is 0 Å². The van der Waals surface area contributed by atoms with E-state index in [0.717, 1.165) is 25.7 Å². The smallest absolute Gasteiger partial charge is 0.0529 e. The van der Waals surface area contributed by atoms with Gasteiger partial charge in [-0.1, -0.05) is 30.9 Å². The fourth-order valence-corrected chi connectivity index (χ4v) is 2.83. The highest BCUT2D eigenvalue weighted by Gasteiger charge is 2.20. The van der Waals surface area contributed by atoms with Crippen LogP contribution in [0.2, 0.25) is 0 Å². The van der Waals surface area contributed by atoms with Crippen molar-refractivity contribution in [1.29, 1.82) is 0 Å². The summed E-state index contributed by atoms with van der Waals surface area (Å²) >= 11 is 0. The molecule has 0 radical (unpaired) electrons. The van der Waals surface area contributed by atoms with Crippen LogP contribution < -0.4 is 5.73 Å². The lowest BCUT2D eigenvalue weighted by Crippen LogP contribution is -2.17. The number of nitrogens with two attached hydrogens (primary N) is 1. The third kappa shape index (κ3) is 3.05. The molecular weight excluding hydrogens is 186 g/mol. The summed E-state index contributed by atoms with van der Waals surface area (Å²) < 4.78 is 5.40. The zero-order valence-electron chi connectivity index (χ0n) is 9.58. The van der Waals surface area contributed by atoms with Gasteiger partial charge in [0, 0.05) is 19.1 Å². The summed E-state index contributed by atoms with van der Waals surface area (Å²) in [5.74, 6) is 1.43. The SMILES string of the molecule is NC/C(=C/C1CCOC1)C1CCCCC1. The molecule has 1 saturated heterocycles. The van der Waals surface area contributed by atoms with Crippen LogP contribution in [0, 0.1) is 11.8 Å². The molecule has 0 bridgehead atoms. The first-order valence-electron chi connectivity index (χ1n) is 6.38. The van der Waals surface area contributed by atoms with Gasteiger partial charge in [-0.25, -0.2) is 0 Å². The standard InChI is InChI=1S/C13H23NO/c14-9-13(8-11-6-7-15-10-11)12-4-2-1-3-5-12/h8,11-12H,1-7,9-10,14H2/b13-8-. The minimum atomic E-state index is 0.644. The van der Waals surface area contributed by atoms with Crippen LogP contribution >= 0.6 is 0 Å². The van der Waals surface area contributed by atoms with Crippen molar-refractivity contribution < 1.29 is 4.74 Å². The van der Waals surface area contributed by atoms with E-state index in [9.17, 15) is 0 Å². The van der Waals surface area contributed by atoms with E-state index in [1.54, 1.807) is 0 Å². The summed E-state index contributed by atoms with van der Waals surface area (Å²) in [6.07, 6.45) is 10.5. The third-order valence-electron chi connectivity index (χ3n) is 3.78. The largest absolute Gasteiger partial charge is 0.381 e. The summed E-state index contributed by atoms with van der Waals surface area (Å²) in [6.45, 7) is 2.60. The van der Waals surface area contributed by atoms with Gasteiger partial charge in [-0.15, -0.1) is 0 Å². The van der Waals surface area contributed by atoms with Crippen molar-refractivity contribution >= 4 is 0 Å². The molecule has 2 aliphatic rings. The van der Waals surface area contributed by atoms with Gasteiger partial charge in [-0.3, -0.25) is 0 Å². The third-order valence-corrected chi connectivity index (χ3v) is 3.78. The lowest BCUT2D eigenvalue weighted by molar-refractivity contribution is 0.191. The van der Waals surface area contributed by atoms with E-state index < -0.39 is 0 Å². The van der Waals surface area contributed by atoms with Crippen LogP contribution in [0.1, 0.15) is 38.5 Å². The van der Waals surface area contributed by atoms with Crippen molar-refractivity contribution in [2.45, 2.75) is 38.5 Å². The van der Waals surface area contributed by atoms with Gasteiger partial charge in [-0.05, 0) is 25.2 Å². The molecule has 86 valence electrons. The van der Waals surface area contributed by atoms with Gasteiger partial charge in [0.25, 0.3) is 0 Å². The molecule has 1 atom stereocenters. The number of ether oxygens (including phenoxy) is 1. The maximum atomic E-state index is 5.87. The average Bonchev–Trinajstić information content (AvgIpc) is 2.80. The normalized spacial score (nSPS) is 29.7. The van der Waals surface area contributed by atoms with Gasteiger partial charge < -0.3 is 10.5 Å². The molecule has 2 heteroatoms. The predicted octanol–water partition coefficient (Wildman–Crippen LogP) is 2.49. The van der Waals surface area contributed by atoms with Gasteiger partial charge in [-0.2, -0.15) is 0 Å². The second kappa shape index (κ2) is 5.66. The van der Waals surface area contributed by atoms with Crippen molar-refractivity contribution in [3.8, 4) is 0 Å². The molecule has 2 nitrogen and oxygen atoms in total. The van der Waals surface area contributed by atoms with Crippen molar-refractivity contribution in [2.24, 2.45) is 17.6 Å². The van der Waals surface area contributed by atoms with E-state index in [4.69, 9.17) is 10.5 Å². The molecule has 15 heavy (non-hydrogen) atoms. The van der Waals surface area contributed by atoms with Gasteiger partial charge in [0.1, 0.15) is 0 Å². The molecule has 0 aromatic heterocycles.